The third-order valence-corrected chi connectivity index (χ3v) is 10.6. The maximum absolute atomic E-state index is 5.50. The summed E-state index contributed by atoms with van der Waals surface area (Å²) >= 11 is 0. The van der Waals surface area contributed by atoms with Gasteiger partial charge < -0.3 is 26.0 Å². The van der Waals surface area contributed by atoms with Gasteiger partial charge in [-0.15, -0.1) is 0 Å². The first-order valence-electron chi connectivity index (χ1n) is 20.8. The molecule has 0 aliphatic carbocycles. The number of nitrogens with one attached hydrogen (secondary N) is 1. The normalized spacial score (nSPS) is 11.7. The molecular formula is C57H55N5. The maximum Gasteiger partial charge on any atom is 0.0547 e. The Labute approximate surface area is 365 Å². The van der Waals surface area contributed by atoms with Gasteiger partial charge in [0, 0.05) is 39.5 Å². The van der Waals surface area contributed by atoms with Gasteiger partial charge in [0.25, 0.3) is 0 Å². The van der Waals surface area contributed by atoms with Crippen LogP contribution in [0.15, 0.2) is 219 Å². The summed E-state index contributed by atoms with van der Waals surface area (Å²) in [5.74, 6) is 0. The van der Waals surface area contributed by atoms with Crippen molar-refractivity contribution in [3.8, 4) is 16.8 Å². The third-order valence-electron chi connectivity index (χ3n) is 10.6. The fraction of sp³-hybridized carbons (Fsp3) is 0.0702. The van der Waals surface area contributed by atoms with Gasteiger partial charge in [-0.25, -0.2) is 0 Å². The monoisotopic (exact) mass is 809 g/mol. The molecule has 0 amide bonds. The van der Waals surface area contributed by atoms with E-state index in [0.717, 1.165) is 5.70 Å². The summed E-state index contributed by atoms with van der Waals surface area (Å²) in [6, 6.07) is 54.5. The Morgan fingerprint density at radius 3 is 1.87 bits per heavy atom. The molecule has 62 heavy (non-hydrogen) atoms. The lowest BCUT2D eigenvalue weighted by molar-refractivity contribution is 1.07. The lowest BCUT2D eigenvalue weighted by Gasteiger charge is -2.10. The summed E-state index contributed by atoms with van der Waals surface area (Å²) in [6.45, 7) is 13.3. The quantitative estimate of drug-likeness (QED) is 0.105. The molecule has 308 valence electrons. The first kappa shape index (κ1) is 43.8. The van der Waals surface area contributed by atoms with Crippen LogP contribution in [0.4, 0.5) is 0 Å². The summed E-state index contributed by atoms with van der Waals surface area (Å²) in [7, 11) is 0. The second-order valence-corrected chi connectivity index (χ2v) is 14.5. The van der Waals surface area contributed by atoms with Gasteiger partial charge in [-0.1, -0.05) is 152 Å². The maximum atomic E-state index is 5.50. The number of aryl methyl sites for hydroxylation is 1. The van der Waals surface area contributed by atoms with Crippen molar-refractivity contribution in [2.24, 2.45) is 11.5 Å². The average Bonchev–Trinajstić information content (AvgIpc) is 3.84. The van der Waals surface area contributed by atoms with Gasteiger partial charge >= 0.3 is 0 Å². The summed E-state index contributed by atoms with van der Waals surface area (Å²) in [6.07, 6.45) is 19.2. The van der Waals surface area contributed by atoms with E-state index < -0.39 is 0 Å². The van der Waals surface area contributed by atoms with Gasteiger partial charge in [-0.3, -0.25) is 0 Å². The third kappa shape index (κ3) is 9.50. The van der Waals surface area contributed by atoms with Gasteiger partial charge in [-0.05, 0) is 128 Å². The number of fused-ring (bicyclic) bond motifs is 8. The van der Waals surface area contributed by atoms with Crippen LogP contribution in [0.2, 0.25) is 0 Å². The Morgan fingerprint density at radius 1 is 0.597 bits per heavy atom. The van der Waals surface area contributed by atoms with Crippen LogP contribution in [-0.2, 0) is 6.54 Å². The zero-order valence-corrected chi connectivity index (χ0v) is 35.9. The molecule has 0 unspecified atom stereocenters. The van der Waals surface area contributed by atoms with Crippen molar-refractivity contribution >= 4 is 66.8 Å². The molecule has 5 heteroatoms. The van der Waals surface area contributed by atoms with E-state index >= 15 is 0 Å². The highest BCUT2D eigenvalue weighted by atomic mass is 15.0. The van der Waals surface area contributed by atoms with Crippen molar-refractivity contribution in [2.45, 2.75) is 27.3 Å². The number of rotatable bonds is 8. The molecule has 0 fully saturated rings. The topological polar surface area (TPSA) is 85.8 Å². The summed E-state index contributed by atoms with van der Waals surface area (Å²) in [4.78, 5) is 0. The van der Waals surface area contributed by atoms with Crippen molar-refractivity contribution in [3.63, 3.8) is 0 Å². The van der Waals surface area contributed by atoms with Crippen molar-refractivity contribution in [1.82, 2.24) is 9.13 Å². The van der Waals surface area contributed by atoms with Crippen molar-refractivity contribution in [2.75, 3.05) is 0 Å². The molecule has 7 aromatic carbocycles. The molecule has 5 nitrogen and oxygen atoms in total. The van der Waals surface area contributed by atoms with Crippen molar-refractivity contribution in [1.29, 1.82) is 5.41 Å². The smallest absolute Gasteiger partial charge is 0.0547 e. The predicted molar refractivity (Wildman–Crippen MR) is 272 cm³/mol. The van der Waals surface area contributed by atoms with Crippen LogP contribution in [0.1, 0.15) is 25.0 Å². The van der Waals surface area contributed by atoms with E-state index in [4.69, 9.17) is 16.9 Å². The summed E-state index contributed by atoms with van der Waals surface area (Å²) in [5, 5.41) is 13.1. The molecule has 0 saturated carbocycles. The van der Waals surface area contributed by atoms with Crippen molar-refractivity contribution in [3.05, 3.63) is 230 Å². The minimum Gasteiger partial charge on any atom is -0.405 e. The van der Waals surface area contributed by atoms with E-state index in [1.54, 1.807) is 6.08 Å². The molecule has 0 atom stereocenters. The molecule has 2 heterocycles. The predicted octanol–water partition coefficient (Wildman–Crippen LogP) is 14.6. The highest BCUT2D eigenvalue weighted by Gasteiger charge is 2.17. The van der Waals surface area contributed by atoms with Crippen LogP contribution in [0.5, 0.6) is 0 Å². The number of nitrogens with zero attached hydrogens (tertiary/aromatic N) is 2. The number of allylic oxidation sites excluding steroid dienone is 10. The minimum atomic E-state index is 0.640. The van der Waals surface area contributed by atoms with Crippen LogP contribution in [0, 0.1) is 12.3 Å². The Kier molecular flexibility index (Phi) is 15.2. The largest absolute Gasteiger partial charge is 0.405 e. The molecule has 5 N–H and O–H groups in total. The van der Waals surface area contributed by atoms with E-state index in [1.807, 2.05) is 67.6 Å². The van der Waals surface area contributed by atoms with Gasteiger partial charge in [0.15, 0.2) is 0 Å². The minimum absolute atomic E-state index is 0.640. The fourth-order valence-electron chi connectivity index (χ4n) is 7.79. The van der Waals surface area contributed by atoms with Crippen molar-refractivity contribution < 1.29 is 0 Å². The van der Waals surface area contributed by atoms with E-state index in [0.29, 0.717) is 6.54 Å². The van der Waals surface area contributed by atoms with Crippen LogP contribution in [-0.4, -0.2) is 15.9 Å². The van der Waals surface area contributed by atoms with Crippen LogP contribution < -0.4 is 11.5 Å². The molecule has 2 aromatic heterocycles. The number of nitrogens with two attached hydrogens (primary N) is 2. The lowest BCUT2D eigenvalue weighted by atomic mass is 9.99. The Bertz CT molecular complexity index is 3070. The zero-order chi connectivity index (χ0) is 43.8. The number of para-hydroxylation sites is 1. The molecule has 0 radical (unpaired) electrons. The SMILES string of the molecule is C/C=C/C=C\C=C/N.C=C/C=C(\C=C/C)n1c2ccc(-c3ccc4c(c3)c3ccccc3n4-c3ccc(C)cc3)cc2c2c3ccccc3ccc21.C=N.NCc1ccccc1. The highest BCUT2D eigenvalue weighted by molar-refractivity contribution is 6.22. The number of benzene rings is 7. The molecule has 0 spiro atoms. The Balaban J connectivity index is 0.000000299. The van der Waals surface area contributed by atoms with E-state index in [2.05, 4.69) is 176 Å². The second kappa shape index (κ2) is 21.5. The van der Waals surface area contributed by atoms with Gasteiger partial charge in [0.1, 0.15) is 0 Å². The van der Waals surface area contributed by atoms with E-state index in [-0.39, 0.29) is 0 Å². The molecule has 9 rings (SSSR count). The number of hydrogen-bond acceptors (Lipinski definition) is 3. The number of aromatic nitrogens is 2. The van der Waals surface area contributed by atoms with Gasteiger partial charge in [0.2, 0.25) is 0 Å². The zero-order valence-electron chi connectivity index (χ0n) is 35.9. The summed E-state index contributed by atoms with van der Waals surface area (Å²) in [5.41, 5.74) is 22.4. The molecule has 0 aliphatic heterocycles. The van der Waals surface area contributed by atoms with E-state index in [1.165, 1.54) is 88.5 Å². The average molecular weight is 810 g/mol. The Morgan fingerprint density at radius 2 is 1.21 bits per heavy atom. The van der Waals surface area contributed by atoms with E-state index in [9.17, 15) is 0 Å². The standard InChI is InChI=1S/C42H32N2.C7H9N.C7H11N.CH3N/c1-4-10-32(11-5-2)44-40-24-20-31(27-37(40)42-34-13-7-6-12-29(34)18-25-41(42)44)30-19-23-39-36(26-30)35-14-8-9-15-38(35)43(39)33-21-16-28(3)17-22-33;8-6-7-4-2-1-3-5-7;1-2-3-4-5-6-7-8;1-2/h4-27H,1H2,2-3H3;1-5H,6,8H2;2-7H,8H2,1H3;2H,1H2/b11-5-,32-10+;;3-2+,5-4-,7-6-;. The van der Waals surface area contributed by atoms with Gasteiger partial charge in [-0.2, -0.15) is 0 Å². The molecule has 0 aliphatic rings. The first-order valence-corrected chi connectivity index (χ1v) is 20.8. The van der Waals surface area contributed by atoms with Crippen LogP contribution in [0.25, 0.3) is 76.9 Å². The van der Waals surface area contributed by atoms with Crippen LogP contribution in [0.3, 0.4) is 0 Å². The van der Waals surface area contributed by atoms with Crippen LogP contribution >= 0.6 is 0 Å². The fourth-order valence-corrected chi connectivity index (χ4v) is 7.79. The molecule has 0 bridgehead atoms. The van der Waals surface area contributed by atoms with Gasteiger partial charge in [0.05, 0.1) is 22.1 Å². The lowest BCUT2D eigenvalue weighted by Crippen LogP contribution is -1.94. The first-order chi connectivity index (χ1) is 30.5. The highest BCUT2D eigenvalue weighted by Crippen LogP contribution is 2.40. The number of hydrogen-bond donors (Lipinski definition) is 3. The second-order valence-electron chi connectivity index (χ2n) is 14.5. The molecule has 9 aromatic rings. The summed E-state index contributed by atoms with van der Waals surface area (Å²) < 4.78 is 4.74. The molecular weight excluding hydrogens is 755 g/mol. The Hall–Kier alpha value is -7.73. The molecule has 0 saturated heterocycles.